The molecule has 0 bridgehead atoms. The minimum Gasteiger partial charge on any atom is -0.354 e. The molecular weight excluding hydrogens is 350 g/mol. The number of H-pyrrole nitrogens is 1. The lowest BCUT2D eigenvalue weighted by molar-refractivity contribution is -0.126. The van der Waals surface area contributed by atoms with Gasteiger partial charge in [-0.05, 0) is 49.9 Å². The second-order valence-electron chi connectivity index (χ2n) is 6.91. The quantitative estimate of drug-likeness (QED) is 0.862. The Labute approximate surface area is 158 Å². The van der Waals surface area contributed by atoms with E-state index in [2.05, 4.69) is 10.3 Å². The monoisotopic (exact) mass is 373 g/mol. The van der Waals surface area contributed by atoms with Crippen LogP contribution in [0.5, 0.6) is 0 Å². The zero-order chi connectivity index (χ0) is 18.7. The number of aryl methyl sites for hydroxylation is 2. The van der Waals surface area contributed by atoms with E-state index in [0.29, 0.717) is 30.4 Å². The van der Waals surface area contributed by atoms with Crippen LogP contribution >= 0.6 is 11.6 Å². The van der Waals surface area contributed by atoms with Crippen molar-refractivity contribution in [3.63, 3.8) is 0 Å². The van der Waals surface area contributed by atoms with Gasteiger partial charge in [-0.1, -0.05) is 29.8 Å². The number of carbonyl (C=O) groups is 2. The number of aromatic nitrogens is 1. The molecule has 1 fully saturated rings. The Kier molecular flexibility index (Phi) is 5.67. The van der Waals surface area contributed by atoms with Gasteiger partial charge in [0.2, 0.25) is 5.91 Å². The van der Waals surface area contributed by atoms with Crippen molar-refractivity contribution in [1.82, 2.24) is 15.2 Å². The molecule has 26 heavy (non-hydrogen) atoms. The highest BCUT2D eigenvalue weighted by Gasteiger charge is 2.29. The summed E-state index contributed by atoms with van der Waals surface area (Å²) in [5.41, 5.74) is 3.43. The molecule has 0 saturated carbocycles. The van der Waals surface area contributed by atoms with Crippen molar-refractivity contribution in [3.05, 3.63) is 57.9 Å². The Morgan fingerprint density at radius 3 is 2.77 bits per heavy atom. The Bertz CT molecular complexity index is 815. The van der Waals surface area contributed by atoms with Gasteiger partial charge in [0.05, 0.1) is 5.92 Å². The Balaban J connectivity index is 1.61. The molecule has 1 saturated heterocycles. The maximum absolute atomic E-state index is 12.8. The van der Waals surface area contributed by atoms with Crippen molar-refractivity contribution in [2.75, 3.05) is 13.1 Å². The van der Waals surface area contributed by atoms with Gasteiger partial charge >= 0.3 is 0 Å². The van der Waals surface area contributed by atoms with Crippen LogP contribution in [-0.4, -0.2) is 34.8 Å². The van der Waals surface area contributed by atoms with Crippen LogP contribution in [0.1, 0.15) is 40.2 Å². The van der Waals surface area contributed by atoms with Crippen LogP contribution in [0.2, 0.25) is 5.02 Å². The molecule has 2 heterocycles. The van der Waals surface area contributed by atoms with Crippen LogP contribution in [0.25, 0.3) is 0 Å². The number of nitrogens with one attached hydrogen (secondary N) is 2. The largest absolute Gasteiger partial charge is 0.354 e. The first kappa shape index (κ1) is 18.5. The fourth-order valence-electron chi connectivity index (χ4n) is 3.45. The first-order valence-electron chi connectivity index (χ1n) is 8.92. The molecule has 1 unspecified atom stereocenters. The summed E-state index contributed by atoms with van der Waals surface area (Å²) in [6, 6.07) is 9.43. The molecule has 138 valence electrons. The summed E-state index contributed by atoms with van der Waals surface area (Å²) in [6.45, 7) is 5.40. The van der Waals surface area contributed by atoms with Gasteiger partial charge in [0.25, 0.3) is 5.91 Å². The summed E-state index contributed by atoms with van der Waals surface area (Å²) < 4.78 is 0. The number of halogens is 1. The number of piperidine rings is 1. The van der Waals surface area contributed by atoms with E-state index in [-0.39, 0.29) is 17.7 Å². The molecule has 6 heteroatoms. The zero-order valence-corrected chi connectivity index (χ0v) is 15.9. The van der Waals surface area contributed by atoms with E-state index in [1.807, 2.05) is 44.2 Å². The highest BCUT2D eigenvalue weighted by Crippen LogP contribution is 2.21. The van der Waals surface area contributed by atoms with Crippen molar-refractivity contribution in [2.45, 2.75) is 33.2 Å². The lowest BCUT2D eigenvalue weighted by Gasteiger charge is -2.32. The van der Waals surface area contributed by atoms with Crippen LogP contribution < -0.4 is 5.32 Å². The fourth-order valence-corrected chi connectivity index (χ4v) is 3.66. The summed E-state index contributed by atoms with van der Waals surface area (Å²) in [5.74, 6) is -0.243. The van der Waals surface area contributed by atoms with Crippen molar-refractivity contribution >= 4 is 23.4 Å². The molecular formula is C20H24ClN3O2. The van der Waals surface area contributed by atoms with Crippen molar-refractivity contribution < 1.29 is 9.59 Å². The highest BCUT2D eigenvalue weighted by atomic mass is 35.5. The van der Waals surface area contributed by atoms with Gasteiger partial charge in [-0.25, -0.2) is 0 Å². The summed E-state index contributed by atoms with van der Waals surface area (Å²) in [5, 5.41) is 3.60. The molecule has 5 nitrogen and oxygen atoms in total. The predicted octanol–water partition coefficient (Wildman–Crippen LogP) is 3.45. The lowest BCUT2D eigenvalue weighted by Crippen LogP contribution is -2.45. The maximum atomic E-state index is 12.8. The number of rotatable bonds is 4. The number of benzene rings is 1. The summed E-state index contributed by atoms with van der Waals surface area (Å²) in [6.07, 6.45) is 1.62. The third kappa shape index (κ3) is 4.10. The van der Waals surface area contributed by atoms with Crippen LogP contribution in [-0.2, 0) is 11.3 Å². The number of aromatic amines is 1. The van der Waals surface area contributed by atoms with Gasteiger partial charge in [0.1, 0.15) is 5.69 Å². The summed E-state index contributed by atoms with van der Waals surface area (Å²) >= 11 is 6.14. The fraction of sp³-hybridized carbons (Fsp3) is 0.400. The third-order valence-electron chi connectivity index (χ3n) is 4.85. The lowest BCUT2D eigenvalue weighted by atomic mass is 9.96. The summed E-state index contributed by atoms with van der Waals surface area (Å²) in [4.78, 5) is 30.2. The number of amides is 2. The molecule has 1 aliphatic heterocycles. The van der Waals surface area contributed by atoms with Gasteiger partial charge in [0, 0.05) is 30.4 Å². The summed E-state index contributed by atoms with van der Waals surface area (Å²) in [7, 11) is 0. The first-order chi connectivity index (χ1) is 12.5. The molecule has 1 aliphatic rings. The van der Waals surface area contributed by atoms with Crippen LogP contribution in [0.3, 0.4) is 0 Å². The van der Waals surface area contributed by atoms with Crippen LogP contribution in [0, 0.1) is 19.8 Å². The molecule has 0 radical (unpaired) electrons. The van der Waals surface area contributed by atoms with E-state index < -0.39 is 0 Å². The van der Waals surface area contributed by atoms with E-state index in [0.717, 1.165) is 29.7 Å². The standard InChI is InChI=1S/C20H24ClN3O2/c1-13-10-14(2)23-18(13)20(26)24-9-5-7-16(12-24)19(25)22-11-15-6-3-4-8-17(15)21/h3-4,6,8,10,16,23H,5,7,9,11-12H2,1-2H3,(H,22,25). The van der Waals surface area contributed by atoms with E-state index >= 15 is 0 Å². The average Bonchev–Trinajstić information content (AvgIpc) is 2.98. The predicted molar refractivity (Wildman–Crippen MR) is 102 cm³/mol. The van der Waals surface area contributed by atoms with Gasteiger partial charge in [0.15, 0.2) is 0 Å². The van der Waals surface area contributed by atoms with Crippen molar-refractivity contribution in [1.29, 1.82) is 0 Å². The molecule has 1 aromatic heterocycles. The van der Waals surface area contributed by atoms with Gasteiger partial charge < -0.3 is 15.2 Å². The van der Waals surface area contributed by atoms with Crippen molar-refractivity contribution in [2.24, 2.45) is 5.92 Å². The van der Waals surface area contributed by atoms with Crippen molar-refractivity contribution in [3.8, 4) is 0 Å². The second-order valence-corrected chi connectivity index (χ2v) is 7.32. The molecule has 0 spiro atoms. The first-order valence-corrected chi connectivity index (χ1v) is 9.30. The number of hydrogen-bond acceptors (Lipinski definition) is 2. The molecule has 3 rings (SSSR count). The van der Waals surface area contributed by atoms with E-state index in [4.69, 9.17) is 11.6 Å². The van der Waals surface area contributed by atoms with E-state index in [1.54, 1.807) is 4.90 Å². The van der Waals surface area contributed by atoms with E-state index in [1.165, 1.54) is 0 Å². The maximum Gasteiger partial charge on any atom is 0.270 e. The van der Waals surface area contributed by atoms with E-state index in [9.17, 15) is 9.59 Å². The zero-order valence-electron chi connectivity index (χ0n) is 15.1. The topological polar surface area (TPSA) is 65.2 Å². The SMILES string of the molecule is Cc1cc(C)c(C(=O)N2CCCC(C(=O)NCc3ccccc3Cl)C2)[nH]1. The van der Waals surface area contributed by atoms with Crippen LogP contribution in [0.4, 0.5) is 0 Å². The normalized spacial score (nSPS) is 17.2. The smallest absolute Gasteiger partial charge is 0.270 e. The molecule has 2 N–H and O–H groups in total. The second kappa shape index (κ2) is 7.96. The third-order valence-corrected chi connectivity index (χ3v) is 5.22. The number of likely N-dealkylation sites (tertiary alicyclic amines) is 1. The molecule has 2 amide bonds. The number of carbonyl (C=O) groups excluding carboxylic acids is 2. The van der Waals surface area contributed by atoms with Crippen LogP contribution in [0.15, 0.2) is 30.3 Å². The Hall–Kier alpha value is -2.27. The minimum atomic E-state index is -0.188. The Morgan fingerprint density at radius 2 is 2.08 bits per heavy atom. The van der Waals surface area contributed by atoms with Gasteiger partial charge in [-0.15, -0.1) is 0 Å². The highest BCUT2D eigenvalue weighted by molar-refractivity contribution is 6.31. The molecule has 1 aromatic carbocycles. The van der Waals surface area contributed by atoms with Gasteiger partial charge in [-0.2, -0.15) is 0 Å². The van der Waals surface area contributed by atoms with Gasteiger partial charge in [-0.3, -0.25) is 9.59 Å². The number of nitrogens with zero attached hydrogens (tertiary/aromatic N) is 1. The number of hydrogen-bond donors (Lipinski definition) is 2. The molecule has 2 aromatic rings. The molecule has 1 atom stereocenters. The Morgan fingerprint density at radius 1 is 1.31 bits per heavy atom. The average molecular weight is 374 g/mol. The molecule has 0 aliphatic carbocycles. The minimum absolute atomic E-state index is 0.0261.